The van der Waals surface area contributed by atoms with Crippen molar-refractivity contribution in [2.45, 2.75) is 83.0 Å². The molecule has 13 nitrogen and oxygen atoms in total. The van der Waals surface area contributed by atoms with Gasteiger partial charge in [-0.25, -0.2) is 0 Å². The van der Waals surface area contributed by atoms with Gasteiger partial charge in [0.1, 0.15) is 18.1 Å². The quantitative estimate of drug-likeness (QED) is 0.0760. The van der Waals surface area contributed by atoms with E-state index in [4.69, 9.17) is 21.9 Å². The minimum absolute atomic E-state index is 0.00213. The fourth-order valence-electron chi connectivity index (χ4n) is 5.66. The lowest BCUT2D eigenvalue weighted by Gasteiger charge is -2.29. The normalized spacial score (nSPS) is 15.6. The lowest BCUT2D eigenvalue weighted by molar-refractivity contribution is -0.138. The number of nitrogens with one attached hydrogen (secondary N) is 3. The zero-order valence-corrected chi connectivity index (χ0v) is 28.8. The average molecular weight is 679 g/mol. The van der Waals surface area contributed by atoms with Crippen LogP contribution >= 0.6 is 0 Å². The summed E-state index contributed by atoms with van der Waals surface area (Å²) >= 11 is 0. The molecule has 268 valence electrons. The zero-order chi connectivity index (χ0) is 35.6. The van der Waals surface area contributed by atoms with Crippen molar-refractivity contribution in [3.63, 3.8) is 0 Å². The maximum Gasteiger partial charge on any atom is 0.245 e. The predicted octanol–water partition coefficient (Wildman–Crippen LogP) is 0.992. The number of nitrogens with zero attached hydrogens (tertiary/aromatic N) is 2. The number of rotatable bonds is 18. The summed E-state index contributed by atoms with van der Waals surface area (Å²) in [5, 5.41) is 8.66. The summed E-state index contributed by atoms with van der Waals surface area (Å²) in [5.41, 5.74) is 18.9. The first-order valence-corrected chi connectivity index (χ1v) is 17.2. The maximum absolute atomic E-state index is 13.9. The third-order valence-corrected chi connectivity index (χ3v) is 8.23. The summed E-state index contributed by atoms with van der Waals surface area (Å²) in [6.07, 6.45) is 3.10. The van der Waals surface area contributed by atoms with Crippen molar-refractivity contribution in [3.8, 4) is 0 Å². The molecular weight excluding hydrogens is 624 g/mol. The molecule has 1 saturated heterocycles. The second-order valence-electron chi connectivity index (χ2n) is 12.9. The van der Waals surface area contributed by atoms with Gasteiger partial charge in [-0.1, -0.05) is 74.5 Å². The van der Waals surface area contributed by atoms with Crippen LogP contribution in [0.4, 0.5) is 0 Å². The van der Waals surface area contributed by atoms with Crippen LogP contribution in [0.15, 0.2) is 65.7 Å². The lowest BCUT2D eigenvalue weighted by Crippen LogP contribution is -2.58. The van der Waals surface area contributed by atoms with Gasteiger partial charge in [-0.2, -0.15) is 0 Å². The first-order chi connectivity index (χ1) is 23.5. The summed E-state index contributed by atoms with van der Waals surface area (Å²) in [6, 6.07) is 15.1. The maximum atomic E-state index is 13.9. The topological polar surface area (TPSA) is 207 Å². The Bertz CT molecular complexity index is 1350. The highest BCUT2D eigenvalue weighted by atomic mass is 16.5. The number of carbonyl (C=O) groups excluding carboxylic acids is 4. The van der Waals surface area contributed by atoms with Crippen molar-refractivity contribution in [1.29, 1.82) is 0 Å². The van der Waals surface area contributed by atoms with Gasteiger partial charge in [0.2, 0.25) is 23.6 Å². The van der Waals surface area contributed by atoms with E-state index in [9.17, 15) is 19.2 Å². The molecule has 0 saturated carbocycles. The third-order valence-electron chi connectivity index (χ3n) is 8.23. The Morgan fingerprint density at radius 3 is 2.00 bits per heavy atom. The molecule has 0 aliphatic carbocycles. The second kappa shape index (κ2) is 20.8. The van der Waals surface area contributed by atoms with Crippen LogP contribution in [0.2, 0.25) is 0 Å². The molecule has 0 aromatic heterocycles. The van der Waals surface area contributed by atoms with Gasteiger partial charge in [0.25, 0.3) is 0 Å². The van der Waals surface area contributed by atoms with Crippen LogP contribution in [0.3, 0.4) is 0 Å². The summed E-state index contributed by atoms with van der Waals surface area (Å²) in [5.74, 6) is -1.63. The van der Waals surface area contributed by atoms with Crippen LogP contribution in [-0.2, 0) is 36.8 Å². The molecule has 0 bridgehead atoms. The lowest BCUT2D eigenvalue weighted by atomic mass is 9.99. The monoisotopic (exact) mass is 678 g/mol. The van der Waals surface area contributed by atoms with Crippen molar-refractivity contribution in [3.05, 3.63) is 71.8 Å². The summed E-state index contributed by atoms with van der Waals surface area (Å²) in [4.78, 5) is 60.5. The van der Waals surface area contributed by atoms with Gasteiger partial charge in [-0.3, -0.25) is 24.2 Å². The largest absolute Gasteiger partial charge is 0.380 e. The van der Waals surface area contributed by atoms with E-state index in [-0.39, 0.29) is 24.2 Å². The number of aliphatic imine (C=N–C) groups is 1. The van der Waals surface area contributed by atoms with E-state index in [0.717, 1.165) is 11.1 Å². The number of ether oxygens (including phenoxy) is 1. The molecular formula is C36H54N8O5. The van der Waals surface area contributed by atoms with E-state index < -0.39 is 41.9 Å². The van der Waals surface area contributed by atoms with Gasteiger partial charge < -0.3 is 42.8 Å². The number of benzene rings is 2. The van der Waals surface area contributed by atoms with Gasteiger partial charge in [-0.15, -0.1) is 0 Å². The molecule has 13 heteroatoms. The highest BCUT2D eigenvalue weighted by Gasteiger charge is 2.32. The first kappa shape index (κ1) is 39.0. The Labute approximate surface area is 289 Å². The molecule has 1 fully saturated rings. The molecule has 9 N–H and O–H groups in total. The molecule has 0 radical (unpaired) electrons. The molecule has 2 aromatic rings. The molecule has 1 aliphatic rings. The van der Waals surface area contributed by atoms with Gasteiger partial charge in [0.15, 0.2) is 5.96 Å². The zero-order valence-electron chi connectivity index (χ0n) is 28.8. The number of guanidine groups is 1. The number of unbranched alkanes of at least 4 members (excludes halogenated alkanes) is 1. The number of amides is 4. The van der Waals surface area contributed by atoms with Crippen molar-refractivity contribution < 1.29 is 23.9 Å². The van der Waals surface area contributed by atoms with Crippen molar-refractivity contribution in [1.82, 2.24) is 20.9 Å². The standard InChI is InChI=1S/C36H54N8O5/c1-25(2)22-30(33(46)41-29(16-9-10-17-40-36(38)39)35(48)44-18-11-20-49-21-19-44)43-34(47)31(24-27-14-7-4-8-15-27)42-32(45)28(37)23-26-12-5-3-6-13-26/h3-8,12-15,25,28-31H,9-11,16-24,37H2,1-2H3,(H,41,46)(H,42,45)(H,43,47)(H4,38,39,40)/t28-,29-,30-,31-/m1/s1. The minimum Gasteiger partial charge on any atom is -0.380 e. The molecule has 3 rings (SSSR count). The van der Waals surface area contributed by atoms with Gasteiger partial charge >= 0.3 is 0 Å². The highest BCUT2D eigenvalue weighted by molar-refractivity contribution is 5.95. The Morgan fingerprint density at radius 2 is 1.37 bits per heavy atom. The van der Waals surface area contributed by atoms with Crippen LogP contribution in [0.5, 0.6) is 0 Å². The first-order valence-electron chi connectivity index (χ1n) is 17.2. The molecule has 0 spiro atoms. The summed E-state index contributed by atoms with van der Waals surface area (Å²) in [7, 11) is 0. The molecule has 2 aromatic carbocycles. The van der Waals surface area contributed by atoms with Crippen molar-refractivity contribution >= 4 is 29.6 Å². The van der Waals surface area contributed by atoms with E-state index in [1.54, 1.807) is 4.90 Å². The molecule has 1 heterocycles. The molecule has 4 amide bonds. The van der Waals surface area contributed by atoms with Gasteiger partial charge in [0, 0.05) is 32.7 Å². The smallest absolute Gasteiger partial charge is 0.245 e. The van der Waals surface area contributed by atoms with Gasteiger partial charge in [-0.05, 0) is 55.6 Å². The van der Waals surface area contributed by atoms with E-state index >= 15 is 0 Å². The van der Waals surface area contributed by atoms with E-state index in [0.29, 0.717) is 71.4 Å². The van der Waals surface area contributed by atoms with Crippen LogP contribution in [0.1, 0.15) is 57.1 Å². The molecule has 49 heavy (non-hydrogen) atoms. The predicted molar refractivity (Wildman–Crippen MR) is 190 cm³/mol. The second-order valence-corrected chi connectivity index (χ2v) is 12.9. The summed E-state index contributed by atoms with van der Waals surface area (Å²) in [6.45, 7) is 6.25. The highest BCUT2D eigenvalue weighted by Crippen LogP contribution is 2.13. The van der Waals surface area contributed by atoms with Crippen LogP contribution in [0.25, 0.3) is 0 Å². The Kier molecular flexibility index (Phi) is 16.5. The number of hydrogen-bond acceptors (Lipinski definition) is 7. The fraction of sp³-hybridized carbons (Fsp3) is 0.528. The number of nitrogens with two attached hydrogens (primary N) is 3. The molecule has 1 aliphatic heterocycles. The van der Waals surface area contributed by atoms with Crippen LogP contribution in [0, 0.1) is 5.92 Å². The summed E-state index contributed by atoms with van der Waals surface area (Å²) < 4.78 is 5.53. The van der Waals surface area contributed by atoms with Crippen LogP contribution in [-0.4, -0.2) is 91.5 Å². The number of hydrogen-bond donors (Lipinski definition) is 6. The molecule has 4 atom stereocenters. The third kappa shape index (κ3) is 14.3. The van der Waals surface area contributed by atoms with E-state index in [1.807, 2.05) is 74.5 Å². The Balaban J connectivity index is 1.77. The van der Waals surface area contributed by atoms with E-state index in [2.05, 4.69) is 20.9 Å². The van der Waals surface area contributed by atoms with Gasteiger partial charge in [0.05, 0.1) is 12.6 Å². The SMILES string of the molecule is CC(C)C[C@@H](NC(=O)[C@@H](Cc1ccccc1)NC(=O)[C@H](N)Cc1ccccc1)C(=O)N[C@H](CCCCN=C(N)N)C(=O)N1CCCOCC1. The Hall–Kier alpha value is -4.49. The fourth-order valence-corrected chi connectivity index (χ4v) is 5.66. The Morgan fingerprint density at radius 1 is 0.776 bits per heavy atom. The van der Waals surface area contributed by atoms with Crippen LogP contribution < -0.4 is 33.2 Å². The number of carbonyl (C=O) groups is 4. The average Bonchev–Trinajstić information content (AvgIpc) is 3.37. The molecule has 0 unspecified atom stereocenters. The van der Waals surface area contributed by atoms with Crippen molar-refractivity contribution in [2.24, 2.45) is 28.1 Å². The van der Waals surface area contributed by atoms with Crippen molar-refractivity contribution in [2.75, 3.05) is 32.8 Å². The minimum atomic E-state index is -0.996. The van der Waals surface area contributed by atoms with E-state index in [1.165, 1.54) is 0 Å².